The van der Waals surface area contributed by atoms with Crippen LogP contribution in [0.1, 0.15) is 10.4 Å². The molecule has 0 radical (unpaired) electrons. The van der Waals surface area contributed by atoms with Gasteiger partial charge in [0.05, 0.1) is 15.5 Å². The predicted octanol–water partition coefficient (Wildman–Crippen LogP) is 2.43. The van der Waals surface area contributed by atoms with E-state index in [1.54, 1.807) is 18.2 Å². The van der Waals surface area contributed by atoms with Gasteiger partial charge in [-0.15, -0.1) is 0 Å². The standard InChI is InChI=1S/C17H20ClN3O3S/c1-21(2)11-10-19-17(22)15-12-13(8-9-16(15)18)20-25(23,24)14-6-4-3-5-7-14/h3-9,12,20H,10-11H2,1-2H3,(H,19,22). The topological polar surface area (TPSA) is 78.5 Å². The fourth-order valence-electron chi connectivity index (χ4n) is 2.06. The first-order valence-electron chi connectivity index (χ1n) is 7.60. The normalized spacial score (nSPS) is 11.4. The fourth-order valence-corrected chi connectivity index (χ4v) is 3.34. The summed E-state index contributed by atoms with van der Waals surface area (Å²) in [6.07, 6.45) is 0. The van der Waals surface area contributed by atoms with Gasteiger partial charge in [0.25, 0.3) is 15.9 Å². The number of likely N-dealkylation sites (N-methyl/N-ethyl adjacent to an activating group) is 1. The van der Waals surface area contributed by atoms with Crippen molar-refractivity contribution >= 4 is 33.2 Å². The number of rotatable bonds is 7. The Morgan fingerprint density at radius 1 is 1.12 bits per heavy atom. The second-order valence-electron chi connectivity index (χ2n) is 5.67. The molecule has 0 saturated heterocycles. The summed E-state index contributed by atoms with van der Waals surface area (Å²) in [6, 6.07) is 12.4. The molecule has 2 aromatic rings. The summed E-state index contributed by atoms with van der Waals surface area (Å²) in [4.78, 5) is 14.3. The molecule has 0 spiro atoms. The molecule has 2 rings (SSSR count). The SMILES string of the molecule is CN(C)CCNC(=O)c1cc(NS(=O)(=O)c2ccccc2)ccc1Cl. The van der Waals surface area contributed by atoms with Crippen molar-refractivity contribution in [2.75, 3.05) is 31.9 Å². The van der Waals surface area contributed by atoms with Crippen LogP contribution in [0, 0.1) is 0 Å². The van der Waals surface area contributed by atoms with Crippen LogP contribution in [0.4, 0.5) is 5.69 Å². The van der Waals surface area contributed by atoms with Crippen LogP contribution in [-0.4, -0.2) is 46.4 Å². The second-order valence-corrected chi connectivity index (χ2v) is 7.76. The Balaban J connectivity index is 2.17. The molecule has 0 aromatic heterocycles. The zero-order chi connectivity index (χ0) is 18.4. The van der Waals surface area contributed by atoms with Crippen LogP contribution in [0.3, 0.4) is 0 Å². The molecule has 0 bridgehead atoms. The van der Waals surface area contributed by atoms with E-state index in [-0.39, 0.29) is 27.1 Å². The summed E-state index contributed by atoms with van der Waals surface area (Å²) >= 11 is 6.07. The van der Waals surface area contributed by atoms with Gasteiger partial charge in [-0.2, -0.15) is 0 Å². The molecule has 2 aromatic carbocycles. The minimum Gasteiger partial charge on any atom is -0.351 e. The molecule has 25 heavy (non-hydrogen) atoms. The number of hydrogen-bond acceptors (Lipinski definition) is 4. The minimum absolute atomic E-state index is 0.141. The Bertz CT molecular complexity index is 839. The number of amides is 1. The molecule has 0 fully saturated rings. The van der Waals surface area contributed by atoms with E-state index < -0.39 is 10.0 Å². The van der Waals surface area contributed by atoms with E-state index in [0.29, 0.717) is 13.1 Å². The highest BCUT2D eigenvalue weighted by atomic mass is 35.5. The average molecular weight is 382 g/mol. The van der Waals surface area contributed by atoms with E-state index in [4.69, 9.17) is 11.6 Å². The highest BCUT2D eigenvalue weighted by Crippen LogP contribution is 2.23. The molecule has 0 unspecified atom stereocenters. The van der Waals surface area contributed by atoms with Gasteiger partial charge in [-0.3, -0.25) is 9.52 Å². The molecule has 8 heteroatoms. The van der Waals surface area contributed by atoms with Gasteiger partial charge in [-0.1, -0.05) is 29.8 Å². The molecule has 134 valence electrons. The Morgan fingerprint density at radius 2 is 1.80 bits per heavy atom. The molecule has 1 amide bonds. The lowest BCUT2D eigenvalue weighted by Gasteiger charge is -2.13. The van der Waals surface area contributed by atoms with Gasteiger partial charge in [0.1, 0.15) is 0 Å². The van der Waals surface area contributed by atoms with Gasteiger partial charge in [0.15, 0.2) is 0 Å². The zero-order valence-corrected chi connectivity index (χ0v) is 15.6. The number of nitrogens with zero attached hydrogens (tertiary/aromatic N) is 1. The maximum absolute atomic E-state index is 12.4. The van der Waals surface area contributed by atoms with Crippen LogP contribution in [0.15, 0.2) is 53.4 Å². The van der Waals surface area contributed by atoms with Crippen molar-refractivity contribution in [2.24, 2.45) is 0 Å². The summed E-state index contributed by atoms with van der Waals surface area (Å²) in [7, 11) is 0.0735. The molecule has 6 nitrogen and oxygen atoms in total. The van der Waals surface area contributed by atoms with Gasteiger partial charge in [-0.25, -0.2) is 8.42 Å². The van der Waals surface area contributed by atoms with Crippen molar-refractivity contribution in [1.82, 2.24) is 10.2 Å². The Kier molecular flexibility index (Phi) is 6.41. The maximum Gasteiger partial charge on any atom is 0.261 e. The van der Waals surface area contributed by atoms with Gasteiger partial charge in [0, 0.05) is 18.8 Å². The molecule has 2 N–H and O–H groups in total. The quantitative estimate of drug-likeness (QED) is 0.772. The van der Waals surface area contributed by atoms with Crippen LogP contribution < -0.4 is 10.0 Å². The lowest BCUT2D eigenvalue weighted by molar-refractivity contribution is 0.0951. The molecule has 0 atom stereocenters. The number of sulfonamides is 1. The minimum atomic E-state index is -3.73. The zero-order valence-electron chi connectivity index (χ0n) is 14.0. The van der Waals surface area contributed by atoms with Crippen molar-refractivity contribution in [2.45, 2.75) is 4.90 Å². The average Bonchev–Trinajstić information content (AvgIpc) is 2.56. The van der Waals surface area contributed by atoms with E-state index >= 15 is 0 Å². The smallest absolute Gasteiger partial charge is 0.261 e. The maximum atomic E-state index is 12.4. The highest BCUT2D eigenvalue weighted by molar-refractivity contribution is 7.92. The van der Waals surface area contributed by atoms with Gasteiger partial charge in [0.2, 0.25) is 0 Å². The monoisotopic (exact) mass is 381 g/mol. The predicted molar refractivity (Wildman–Crippen MR) is 99.6 cm³/mol. The van der Waals surface area contributed by atoms with E-state index in [1.165, 1.54) is 30.3 Å². The van der Waals surface area contributed by atoms with Gasteiger partial charge in [-0.05, 0) is 44.4 Å². The van der Waals surface area contributed by atoms with E-state index in [1.807, 2.05) is 19.0 Å². The van der Waals surface area contributed by atoms with E-state index in [0.717, 1.165) is 0 Å². The number of anilines is 1. The highest BCUT2D eigenvalue weighted by Gasteiger charge is 2.16. The Hall–Kier alpha value is -2.09. The van der Waals surface area contributed by atoms with Crippen LogP contribution >= 0.6 is 11.6 Å². The lowest BCUT2D eigenvalue weighted by Crippen LogP contribution is -2.31. The van der Waals surface area contributed by atoms with Gasteiger partial charge >= 0.3 is 0 Å². The number of hydrogen-bond donors (Lipinski definition) is 2. The lowest BCUT2D eigenvalue weighted by atomic mass is 10.2. The number of benzene rings is 2. The third kappa shape index (κ3) is 5.45. The fraction of sp³-hybridized carbons (Fsp3) is 0.235. The van der Waals surface area contributed by atoms with Gasteiger partial charge < -0.3 is 10.2 Å². The first-order valence-corrected chi connectivity index (χ1v) is 9.46. The summed E-state index contributed by atoms with van der Waals surface area (Å²) in [5, 5.41) is 3.01. The second kappa shape index (κ2) is 8.33. The summed E-state index contributed by atoms with van der Waals surface area (Å²) in [5.74, 6) is -0.354. The molecule has 0 heterocycles. The molecule has 0 aliphatic carbocycles. The number of carbonyl (C=O) groups is 1. The van der Waals surface area contributed by atoms with Crippen molar-refractivity contribution in [1.29, 1.82) is 0 Å². The van der Waals surface area contributed by atoms with Crippen LogP contribution in [0.2, 0.25) is 5.02 Å². The van der Waals surface area contributed by atoms with Crippen LogP contribution in [-0.2, 0) is 10.0 Å². The van der Waals surface area contributed by atoms with Crippen molar-refractivity contribution in [3.63, 3.8) is 0 Å². The van der Waals surface area contributed by atoms with Crippen molar-refractivity contribution < 1.29 is 13.2 Å². The van der Waals surface area contributed by atoms with Crippen LogP contribution in [0.25, 0.3) is 0 Å². The summed E-state index contributed by atoms with van der Waals surface area (Å²) in [5.41, 5.74) is 0.486. The number of nitrogens with one attached hydrogen (secondary N) is 2. The summed E-state index contributed by atoms with van der Waals surface area (Å²) in [6.45, 7) is 1.14. The number of carbonyl (C=O) groups excluding carboxylic acids is 1. The Morgan fingerprint density at radius 3 is 2.44 bits per heavy atom. The van der Waals surface area contributed by atoms with Crippen molar-refractivity contribution in [3.8, 4) is 0 Å². The van der Waals surface area contributed by atoms with Crippen molar-refractivity contribution in [3.05, 3.63) is 59.1 Å². The first kappa shape index (κ1) is 19.2. The molecular formula is C17H20ClN3O3S. The first-order chi connectivity index (χ1) is 11.8. The largest absolute Gasteiger partial charge is 0.351 e. The Labute approximate surface area is 152 Å². The third-order valence-electron chi connectivity index (χ3n) is 3.36. The number of halogens is 1. The van der Waals surface area contributed by atoms with E-state index in [9.17, 15) is 13.2 Å². The molecular weight excluding hydrogens is 362 g/mol. The third-order valence-corrected chi connectivity index (χ3v) is 5.09. The molecule has 0 aliphatic heterocycles. The summed E-state index contributed by atoms with van der Waals surface area (Å²) < 4.78 is 27.2. The molecule has 0 saturated carbocycles. The molecule has 0 aliphatic rings. The van der Waals surface area contributed by atoms with E-state index in [2.05, 4.69) is 10.0 Å². The van der Waals surface area contributed by atoms with Crippen LogP contribution in [0.5, 0.6) is 0 Å².